The smallest absolute Gasteiger partial charge is 0.236 e. The predicted molar refractivity (Wildman–Crippen MR) is 70.7 cm³/mol. The zero-order valence-corrected chi connectivity index (χ0v) is 10.6. The number of benzene rings is 1. The van der Waals surface area contributed by atoms with E-state index in [4.69, 9.17) is 17.3 Å². The van der Waals surface area contributed by atoms with Gasteiger partial charge in [0, 0.05) is 25.2 Å². The van der Waals surface area contributed by atoms with Crippen LogP contribution in [0, 0.1) is 0 Å². The van der Waals surface area contributed by atoms with Crippen LogP contribution in [0.15, 0.2) is 18.2 Å². The molecule has 5 heteroatoms. The third-order valence-corrected chi connectivity index (χ3v) is 3.19. The van der Waals surface area contributed by atoms with E-state index in [1.54, 1.807) is 0 Å². The molecule has 0 aromatic heterocycles. The number of carbonyl (C=O) groups excluding carboxylic acids is 1. The van der Waals surface area contributed by atoms with Crippen molar-refractivity contribution in [3.63, 3.8) is 0 Å². The summed E-state index contributed by atoms with van der Waals surface area (Å²) in [6, 6.07) is 5.74. The van der Waals surface area contributed by atoms with E-state index in [-0.39, 0.29) is 12.5 Å². The number of hydrogen-bond donors (Lipinski definition) is 1. The lowest BCUT2D eigenvalue weighted by atomic mass is 10.2. The first-order chi connectivity index (χ1) is 8.08. The largest absolute Gasteiger partial charge is 0.373 e. The summed E-state index contributed by atoms with van der Waals surface area (Å²) in [5, 5.41) is 0.675. The molecule has 1 amide bonds. The van der Waals surface area contributed by atoms with Gasteiger partial charge in [0.1, 0.15) is 0 Å². The molecule has 4 nitrogen and oxygen atoms in total. The van der Waals surface area contributed by atoms with Crippen LogP contribution in [0.4, 0.5) is 11.4 Å². The number of halogens is 1. The van der Waals surface area contributed by atoms with E-state index >= 15 is 0 Å². The molecule has 0 fully saturated rings. The summed E-state index contributed by atoms with van der Waals surface area (Å²) in [5.41, 5.74) is 7.35. The maximum atomic E-state index is 11.1. The minimum absolute atomic E-state index is 0.237. The fourth-order valence-corrected chi connectivity index (χ4v) is 2.33. The van der Waals surface area contributed by atoms with Crippen molar-refractivity contribution < 1.29 is 4.79 Å². The van der Waals surface area contributed by atoms with Gasteiger partial charge in [0.25, 0.3) is 0 Å². The summed E-state index contributed by atoms with van der Waals surface area (Å²) in [6.45, 7) is 2.02. The van der Waals surface area contributed by atoms with Crippen molar-refractivity contribution in [2.75, 3.05) is 36.5 Å². The number of fused-ring (bicyclic) bond motifs is 1. The van der Waals surface area contributed by atoms with E-state index in [9.17, 15) is 4.79 Å². The number of hydrogen-bond acceptors (Lipinski definition) is 3. The molecular formula is C12H16ClN3O. The maximum absolute atomic E-state index is 11.1. The molecule has 0 aliphatic carbocycles. The molecular weight excluding hydrogens is 238 g/mol. The maximum Gasteiger partial charge on any atom is 0.236 e. The van der Waals surface area contributed by atoms with E-state index in [0.29, 0.717) is 5.02 Å². The first-order valence-electron chi connectivity index (χ1n) is 5.62. The van der Waals surface area contributed by atoms with Crippen molar-refractivity contribution in [2.45, 2.75) is 6.42 Å². The number of nitrogens with zero attached hydrogens (tertiary/aromatic N) is 2. The second-order valence-electron chi connectivity index (χ2n) is 4.30. The lowest BCUT2D eigenvalue weighted by molar-refractivity contribution is -0.116. The van der Waals surface area contributed by atoms with Gasteiger partial charge in [-0.05, 0) is 24.6 Å². The van der Waals surface area contributed by atoms with Gasteiger partial charge in [0.05, 0.1) is 17.9 Å². The number of nitrogens with two attached hydrogens (primary N) is 1. The fourth-order valence-electron chi connectivity index (χ4n) is 2.16. The molecule has 92 valence electrons. The minimum Gasteiger partial charge on any atom is -0.373 e. The zero-order valence-electron chi connectivity index (χ0n) is 9.82. The highest BCUT2D eigenvalue weighted by Gasteiger charge is 2.19. The summed E-state index contributed by atoms with van der Waals surface area (Å²) in [4.78, 5) is 15.3. The Balaban J connectivity index is 2.41. The van der Waals surface area contributed by atoms with Crippen molar-refractivity contribution in [2.24, 2.45) is 5.73 Å². The van der Waals surface area contributed by atoms with Crippen LogP contribution in [0.1, 0.15) is 6.42 Å². The van der Waals surface area contributed by atoms with Crippen LogP contribution < -0.4 is 15.5 Å². The van der Waals surface area contributed by atoms with Crippen molar-refractivity contribution >= 4 is 28.9 Å². The normalized spacial score (nSPS) is 15.4. The number of carbonyl (C=O) groups is 1. The monoisotopic (exact) mass is 253 g/mol. The first kappa shape index (κ1) is 12.0. The second-order valence-corrected chi connectivity index (χ2v) is 4.73. The van der Waals surface area contributed by atoms with Crippen molar-refractivity contribution in [3.05, 3.63) is 23.2 Å². The second kappa shape index (κ2) is 4.84. The van der Waals surface area contributed by atoms with E-state index in [1.807, 2.05) is 30.1 Å². The third-order valence-electron chi connectivity index (χ3n) is 2.96. The Morgan fingerprint density at radius 1 is 1.41 bits per heavy atom. The number of amides is 1. The Morgan fingerprint density at radius 2 is 2.18 bits per heavy atom. The highest BCUT2D eigenvalue weighted by Crippen LogP contribution is 2.33. The van der Waals surface area contributed by atoms with Gasteiger partial charge in [-0.3, -0.25) is 4.79 Å². The average Bonchev–Trinajstić information content (AvgIpc) is 2.39. The van der Waals surface area contributed by atoms with Crippen molar-refractivity contribution in [1.82, 2.24) is 0 Å². The van der Waals surface area contributed by atoms with Crippen LogP contribution in [0.2, 0.25) is 5.02 Å². The molecule has 0 bridgehead atoms. The minimum atomic E-state index is -0.319. The van der Waals surface area contributed by atoms with Crippen LogP contribution in [0.25, 0.3) is 0 Å². The molecule has 1 aromatic rings. The molecule has 0 radical (unpaired) electrons. The van der Waals surface area contributed by atoms with Gasteiger partial charge in [0.15, 0.2) is 0 Å². The van der Waals surface area contributed by atoms with E-state index in [1.165, 1.54) is 0 Å². The van der Waals surface area contributed by atoms with E-state index in [2.05, 4.69) is 4.90 Å². The van der Waals surface area contributed by atoms with E-state index < -0.39 is 0 Å². The van der Waals surface area contributed by atoms with E-state index in [0.717, 1.165) is 30.9 Å². The molecule has 1 aliphatic heterocycles. The van der Waals surface area contributed by atoms with Crippen molar-refractivity contribution in [3.8, 4) is 0 Å². The predicted octanol–water partition coefficient (Wildman–Crippen LogP) is 1.47. The Labute approximate surface area is 106 Å². The molecule has 1 aliphatic rings. The number of anilines is 2. The highest BCUT2D eigenvalue weighted by molar-refractivity contribution is 6.31. The van der Waals surface area contributed by atoms with Crippen molar-refractivity contribution in [1.29, 1.82) is 0 Å². The first-order valence-corrected chi connectivity index (χ1v) is 5.99. The highest BCUT2D eigenvalue weighted by atomic mass is 35.5. The Hall–Kier alpha value is -1.42. The molecule has 1 heterocycles. The Kier molecular flexibility index (Phi) is 3.43. The quantitative estimate of drug-likeness (QED) is 0.869. The molecule has 0 spiro atoms. The molecule has 2 rings (SSSR count). The van der Waals surface area contributed by atoms with Gasteiger partial charge < -0.3 is 15.5 Å². The molecule has 0 saturated carbocycles. The van der Waals surface area contributed by atoms with Gasteiger partial charge in [-0.15, -0.1) is 0 Å². The summed E-state index contributed by atoms with van der Waals surface area (Å²) >= 11 is 6.02. The van der Waals surface area contributed by atoms with Gasteiger partial charge in [-0.1, -0.05) is 11.6 Å². The van der Waals surface area contributed by atoms with Crippen LogP contribution in [-0.2, 0) is 4.79 Å². The van der Waals surface area contributed by atoms with Crippen LogP contribution in [-0.4, -0.2) is 32.6 Å². The summed E-state index contributed by atoms with van der Waals surface area (Å²) in [7, 11) is 2.04. The summed E-state index contributed by atoms with van der Waals surface area (Å²) < 4.78 is 0. The average molecular weight is 254 g/mol. The van der Waals surface area contributed by atoms with Crippen LogP contribution in [0.5, 0.6) is 0 Å². The topological polar surface area (TPSA) is 49.6 Å². The molecule has 0 saturated heterocycles. The number of rotatable bonds is 2. The van der Waals surface area contributed by atoms with Gasteiger partial charge in [-0.2, -0.15) is 0 Å². The lowest BCUT2D eigenvalue weighted by Crippen LogP contribution is -2.34. The van der Waals surface area contributed by atoms with Gasteiger partial charge in [0.2, 0.25) is 5.91 Å². The van der Waals surface area contributed by atoms with Gasteiger partial charge in [-0.25, -0.2) is 0 Å². The third kappa shape index (κ3) is 2.64. The molecule has 0 unspecified atom stereocenters. The summed E-state index contributed by atoms with van der Waals surface area (Å²) in [5.74, 6) is -0.319. The number of primary amides is 1. The van der Waals surface area contributed by atoms with Crippen LogP contribution in [0.3, 0.4) is 0 Å². The van der Waals surface area contributed by atoms with Gasteiger partial charge >= 0.3 is 0 Å². The Morgan fingerprint density at radius 3 is 2.88 bits per heavy atom. The molecule has 17 heavy (non-hydrogen) atoms. The SMILES string of the molecule is CN1CCCN(CC(N)=O)c2cc(Cl)ccc21. The standard InChI is InChI=1S/C12H16ClN3O/c1-15-5-2-6-16(8-12(14)17)11-7-9(13)3-4-10(11)15/h3-4,7H,2,5-6,8H2,1H3,(H2,14,17). The molecule has 1 aromatic carbocycles. The summed E-state index contributed by atoms with van der Waals surface area (Å²) in [6.07, 6.45) is 0.996. The molecule has 0 atom stereocenters. The Bertz CT molecular complexity index is 436. The molecule has 2 N–H and O–H groups in total. The zero-order chi connectivity index (χ0) is 12.4. The lowest BCUT2D eigenvalue weighted by Gasteiger charge is -2.24. The van der Waals surface area contributed by atoms with Crippen LogP contribution >= 0.6 is 11.6 Å². The fraction of sp³-hybridized carbons (Fsp3) is 0.417.